The Bertz CT molecular complexity index is 675. The van der Waals surface area contributed by atoms with Crippen LogP contribution < -0.4 is 5.32 Å². The first-order chi connectivity index (χ1) is 10.6. The topological polar surface area (TPSA) is 49.6 Å². The van der Waals surface area contributed by atoms with Crippen LogP contribution in [0, 0.1) is 13.8 Å². The van der Waals surface area contributed by atoms with Crippen LogP contribution >= 0.6 is 11.3 Å². The van der Waals surface area contributed by atoms with Crippen molar-refractivity contribution in [2.24, 2.45) is 0 Å². The molecule has 1 fully saturated rings. The zero-order chi connectivity index (χ0) is 15.7. The largest absolute Gasteiger partial charge is 0.349 e. The number of fused-ring (bicyclic) bond motifs is 1. The molecule has 0 bridgehead atoms. The third kappa shape index (κ3) is 3.03. The van der Waals surface area contributed by atoms with Gasteiger partial charge in [-0.3, -0.25) is 14.1 Å². The van der Waals surface area contributed by atoms with Crippen LogP contribution in [0.3, 0.4) is 0 Å². The van der Waals surface area contributed by atoms with Crippen molar-refractivity contribution in [3.8, 4) is 0 Å². The lowest BCUT2D eigenvalue weighted by Crippen LogP contribution is -2.44. The number of hydrogen-bond acceptors (Lipinski definition) is 4. The van der Waals surface area contributed by atoms with Gasteiger partial charge in [0, 0.05) is 16.8 Å². The van der Waals surface area contributed by atoms with Gasteiger partial charge in [0.25, 0.3) is 0 Å². The van der Waals surface area contributed by atoms with Gasteiger partial charge in [0.15, 0.2) is 4.96 Å². The molecule has 1 amide bonds. The molecule has 2 aromatic heterocycles. The normalized spacial score (nSPS) is 20.2. The number of carbonyl (C=O) groups is 1. The average molecular weight is 320 g/mol. The van der Waals surface area contributed by atoms with E-state index in [-0.39, 0.29) is 11.9 Å². The molecule has 22 heavy (non-hydrogen) atoms. The number of aryl methyl sites for hydroxylation is 2. The van der Waals surface area contributed by atoms with Crippen molar-refractivity contribution in [2.75, 3.05) is 13.6 Å². The predicted molar refractivity (Wildman–Crippen MR) is 89.3 cm³/mol. The van der Waals surface area contributed by atoms with Crippen molar-refractivity contribution in [3.63, 3.8) is 0 Å². The van der Waals surface area contributed by atoms with Crippen LogP contribution in [-0.2, 0) is 11.3 Å². The minimum atomic E-state index is 0.00946. The summed E-state index contributed by atoms with van der Waals surface area (Å²) in [4.78, 5) is 21.5. The molecule has 0 radical (unpaired) electrons. The first kappa shape index (κ1) is 15.5. The molecule has 1 aliphatic heterocycles. The van der Waals surface area contributed by atoms with E-state index in [9.17, 15) is 4.79 Å². The minimum absolute atomic E-state index is 0.00946. The maximum Gasteiger partial charge on any atom is 0.237 e. The molecule has 6 heteroatoms. The van der Waals surface area contributed by atoms with Crippen LogP contribution in [0.1, 0.15) is 41.9 Å². The Balaban J connectivity index is 1.64. The van der Waals surface area contributed by atoms with Crippen molar-refractivity contribution < 1.29 is 4.79 Å². The van der Waals surface area contributed by atoms with E-state index in [1.54, 1.807) is 11.3 Å². The Morgan fingerprint density at radius 3 is 3.00 bits per heavy atom. The van der Waals surface area contributed by atoms with Crippen LogP contribution in [0.2, 0.25) is 0 Å². The van der Waals surface area contributed by atoms with Crippen LogP contribution in [-0.4, -0.2) is 39.8 Å². The summed E-state index contributed by atoms with van der Waals surface area (Å²) in [6.07, 6.45) is 6.55. The van der Waals surface area contributed by atoms with Crippen molar-refractivity contribution in [2.45, 2.75) is 52.1 Å². The molecule has 1 atom stereocenters. The summed E-state index contributed by atoms with van der Waals surface area (Å²) in [5, 5.41) is 3.06. The average Bonchev–Trinajstić information content (AvgIpc) is 2.90. The maximum absolute atomic E-state index is 12.4. The Kier molecular flexibility index (Phi) is 4.49. The summed E-state index contributed by atoms with van der Waals surface area (Å²) in [6.45, 7) is 5.73. The highest BCUT2D eigenvalue weighted by molar-refractivity contribution is 7.17. The van der Waals surface area contributed by atoms with E-state index in [2.05, 4.69) is 33.4 Å². The zero-order valence-electron chi connectivity index (χ0n) is 13.6. The lowest BCUT2D eigenvalue weighted by Gasteiger charge is -2.24. The summed E-state index contributed by atoms with van der Waals surface area (Å²) >= 11 is 1.70. The number of thiazole rings is 1. The molecular weight excluding hydrogens is 296 g/mol. The molecule has 1 aliphatic rings. The fourth-order valence-corrected chi connectivity index (χ4v) is 4.04. The third-order valence-corrected chi connectivity index (χ3v) is 5.68. The second-order valence-corrected chi connectivity index (χ2v) is 7.37. The molecule has 0 aromatic carbocycles. The number of rotatable bonds is 3. The second kappa shape index (κ2) is 6.38. The van der Waals surface area contributed by atoms with Crippen molar-refractivity contribution in [3.05, 3.63) is 22.5 Å². The number of likely N-dealkylation sites (N-methyl/N-ethyl adjacent to an activating group) is 1. The lowest BCUT2D eigenvalue weighted by molar-refractivity contribution is -0.126. The van der Waals surface area contributed by atoms with Gasteiger partial charge in [0.1, 0.15) is 0 Å². The molecule has 5 nitrogen and oxygen atoms in total. The zero-order valence-corrected chi connectivity index (χ0v) is 14.4. The van der Waals surface area contributed by atoms with Crippen molar-refractivity contribution in [1.29, 1.82) is 0 Å². The third-order valence-electron chi connectivity index (χ3n) is 4.61. The fraction of sp³-hybridized carbons (Fsp3) is 0.625. The van der Waals surface area contributed by atoms with E-state index in [1.807, 2.05) is 13.2 Å². The number of nitrogens with one attached hydrogen (secondary N) is 1. The van der Waals surface area contributed by atoms with Gasteiger partial charge >= 0.3 is 0 Å². The fourth-order valence-electron chi connectivity index (χ4n) is 3.07. The highest BCUT2D eigenvalue weighted by atomic mass is 32.1. The summed E-state index contributed by atoms with van der Waals surface area (Å²) in [5.74, 6) is 0.133. The number of aromatic nitrogens is 2. The first-order valence-corrected chi connectivity index (χ1v) is 8.80. The van der Waals surface area contributed by atoms with Gasteiger partial charge in [0.05, 0.1) is 18.3 Å². The molecular formula is C16H24N4OS. The smallest absolute Gasteiger partial charge is 0.237 e. The van der Waals surface area contributed by atoms with Crippen molar-refractivity contribution >= 4 is 22.2 Å². The molecule has 3 heterocycles. The standard InChI is InChI=1S/C16H24N4OS/c1-11-12(2)22-16-18-13(10-20(11)16)9-17-15(21)14-7-5-4-6-8-19(14)3/h10,14H,4-9H2,1-3H3,(H,17,21). The Morgan fingerprint density at radius 1 is 1.41 bits per heavy atom. The van der Waals surface area contributed by atoms with Gasteiger partial charge in [-0.15, -0.1) is 11.3 Å². The minimum Gasteiger partial charge on any atom is -0.349 e. The quantitative estimate of drug-likeness (QED) is 0.945. The predicted octanol–water partition coefficient (Wildman–Crippen LogP) is 2.50. The van der Waals surface area contributed by atoms with Gasteiger partial charge in [0.2, 0.25) is 5.91 Å². The Morgan fingerprint density at radius 2 is 2.23 bits per heavy atom. The number of likely N-dealkylation sites (tertiary alicyclic amines) is 1. The Hall–Kier alpha value is -1.40. The SMILES string of the molecule is Cc1sc2nc(CNC(=O)C3CCCCCN3C)cn2c1C. The monoisotopic (exact) mass is 320 g/mol. The molecule has 0 aliphatic carbocycles. The van der Waals surface area contributed by atoms with Crippen LogP contribution in [0.4, 0.5) is 0 Å². The summed E-state index contributed by atoms with van der Waals surface area (Å²) in [6, 6.07) is 0.00946. The summed E-state index contributed by atoms with van der Waals surface area (Å²) in [5.41, 5.74) is 2.16. The highest BCUT2D eigenvalue weighted by Crippen LogP contribution is 2.21. The van der Waals surface area contributed by atoms with E-state index in [1.165, 1.54) is 23.4 Å². The Labute approximate surface area is 135 Å². The van der Waals surface area contributed by atoms with E-state index < -0.39 is 0 Å². The molecule has 2 aromatic rings. The van der Waals surface area contributed by atoms with E-state index in [4.69, 9.17) is 0 Å². The van der Waals surface area contributed by atoms with Gasteiger partial charge in [-0.25, -0.2) is 4.98 Å². The van der Waals surface area contributed by atoms with Crippen molar-refractivity contribution in [1.82, 2.24) is 19.6 Å². The summed E-state index contributed by atoms with van der Waals surface area (Å²) < 4.78 is 2.11. The summed E-state index contributed by atoms with van der Waals surface area (Å²) in [7, 11) is 2.05. The number of nitrogens with zero attached hydrogens (tertiary/aromatic N) is 3. The maximum atomic E-state index is 12.4. The van der Waals surface area contributed by atoms with Crippen LogP contribution in [0.15, 0.2) is 6.20 Å². The number of amides is 1. The van der Waals surface area contributed by atoms with Gasteiger partial charge in [-0.1, -0.05) is 12.8 Å². The van der Waals surface area contributed by atoms with E-state index in [0.29, 0.717) is 6.54 Å². The van der Waals surface area contributed by atoms with Gasteiger partial charge < -0.3 is 5.32 Å². The molecule has 3 rings (SSSR count). The lowest BCUT2D eigenvalue weighted by atomic mass is 10.1. The molecule has 0 saturated carbocycles. The van der Waals surface area contributed by atoms with Crippen LogP contribution in [0.25, 0.3) is 4.96 Å². The molecule has 0 spiro atoms. The number of carbonyl (C=O) groups excluding carboxylic acids is 1. The second-order valence-electron chi connectivity index (χ2n) is 6.19. The van der Waals surface area contributed by atoms with E-state index in [0.717, 1.165) is 30.0 Å². The molecule has 1 unspecified atom stereocenters. The first-order valence-electron chi connectivity index (χ1n) is 7.98. The number of hydrogen-bond donors (Lipinski definition) is 1. The molecule has 1 saturated heterocycles. The van der Waals surface area contributed by atoms with Gasteiger partial charge in [-0.2, -0.15) is 0 Å². The molecule has 120 valence electrons. The van der Waals surface area contributed by atoms with Gasteiger partial charge in [-0.05, 0) is 40.3 Å². The molecule has 1 N–H and O–H groups in total. The van der Waals surface area contributed by atoms with Crippen LogP contribution in [0.5, 0.6) is 0 Å². The highest BCUT2D eigenvalue weighted by Gasteiger charge is 2.24. The number of imidazole rings is 1. The van der Waals surface area contributed by atoms with E-state index >= 15 is 0 Å².